The average molecular weight is 544 g/mol. The molecule has 0 saturated carbocycles. The van der Waals surface area contributed by atoms with Crippen LogP contribution in [0.1, 0.15) is 37.7 Å². The number of nitrogens with zero attached hydrogens (tertiary/aromatic N) is 5. The highest BCUT2D eigenvalue weighted by Gasteiger charge is 2.42. The van der Waals surface area contributed by atoms with Crippen molar-refractivity contribution in [1.29, 1.82) is 0 Å². The fourth-order valence-corrected chi connectivity index (χ4v) is 5.80. The Kier molecular flexibility index (Phi) is 6.80. The highest BCUT2D eigenvalue weighted by atomic mass is 19.4. The normalized spacial score (nSPS) is 24.4. The van der Waals surface area contributed by atoms with Gasteiger partial charge in [0.05, 0.1) is 24.2 Å². The lowest BCUT2D eigenvalue weighted by molar-refractivity contribution is -0.154. The van der Waals surface area contributed by atoms with Crippen molar-refractivity contribution in [3.8, 4) is 22.5 Å². The van der Waals surface area contributed by atoms with Gasteiger partial charge in [0.1, 0.15) is 17.7 Å². The van der Waals surface area contributed by atoms with E-state index in [9.17, 15) is 17.6 Å². The van der Waals surface area contributed by atoms with Crippen molar-refractivity contribution in [2.24, 2.45) is 0 Å². The number of hydrogen-bond acceptors (Lipinski definition) is 6. The van der Waals surface area contributed by atoms with Crippen LogP contribution in [0.15, 0.2) is 65.2 Å². The largest absolute Gasteiger partial charge is 0.453 e. The summed E-state index contributed by atoms with van der Waals surface area (Å²) in [6.45, 7) is 2.43. The highest BCUT2D eigenvalue weighted by molar-refractivity contribution is 5.80. The van der Waals surface area contributed by atoms with Gasteiger partial charge in [-0.1, -0.05) is 17.3 Å². The molecule has 5 heterocycles. The summed E-state index contributed by atoms with van der Waals surface area (Å²) < 4.78 is 67.4. The Morgan fingerprint density at radius 2 is 1.92 bits per heavy atom. The van der Waals surface area contributed by atoms with Gasteiger partial charge in [-0.3, -0.25) is 4.90 Å². The second kappa shape index (κ2) is 10.3. The average Bonchev–Trinajstić information content (AvgIpc) is 3.68. The minimum Gasteiger partial charge on any atom is -0.370 e. The molecule has 0 bridgehead atoms. The van der Waals surface area contributed by atoms with Crippen molar-refractivity contribution in [2.75, 3.05) is 26.7 Å². The maximum atomic E-state index is 13.8. The molecule has 0 spiro atoms. The minimum atomic E-state index is -4.78. The maximum absolute atomic E-state index is 13.8. The molecule has 1 aromatic carbocycles. The van der Waals surface area contributed by atoms with E-state index in [0.29, 0.717) is 24.6 Å². The quantitative estimate of drug-likeness (QED) is 0.374. The summed E-state index contributed by atoms with van der Waals surface area (Å²) >= 11 is 0. The molecule has 0 amide bonds. The fourth-order valence-electron chi connectivity index (χ4n) is 5.80. The molecule has 3 atom stereocenters. The Morgan fingerprint density at radius 3 is 2.67 bits per heavy atom. The van der Waals surface area contributed by atoms with Crippen LogP contribution in [-0.2, 0) is 10.9 Å². The molecule has 0 radical (unpaired) electrons. The number of imidazole rings is 1. The van der Waals surface area contributed by atoms with E-state index >= 15 is 0 Å². The molecule has 39 heavy (non-hydrogen) atoms. The molecular formula is C28H29F4N5O2. The number of halogens is 4. The molecule has 0 aliphatic carbocycles. The molecule has 2 aromatic heterocycles. The second-order valence-electron chi connectivity index (χ2n) is 10.3. The van der Waals surface area contributed by atoms with Gasteiger partial charge >= 0.3 is 6.18 Å². The third kappa shape index (κ3) is 5.12. The van der Waals surface area contributed by atoms with E-state index in [0.717, 1.165) is 38.1 Å². The van der Waals surface area contributed by atoms with Gasteiger partial charge in [0, 0.05) is 43.0 Å². The van der Waals surface area contributed by atoms with E-state index in [1.807, 2.05) is 0 Å². The van der Waals surface area contributed by atoms with Crippen molar-refractivity contribution in [3.05, 3.63) is 72.3 Å². The van der Waals surface area contributed by atoms with E-state index < -0.39 is 17.8 Å². The van der Waals surface area contributed by atoms with E-state index in [1.165, 1.54) is 36.7 Å². The topological polar surface area (TPSA) is 59.6 Å². The van der Waals surface area contributed by atoms with E-state index in [-0.39, 0.29) is 29.2 Å². The molecule has 3 unspecified atom stereocenters. The summed E-state index contributed by atoms with van der Waals surface area (Å²) in [6.07, 6.45) is 8.39. The molecule has 2 saturated heterocycles. The van der Waals surface area contributed by atoms with Crippen LogP contribution >= 0.6 is 0 Å². The molecule has 3 aliphatic rings. The summed E-state index contributed by atoms with van der Waals surface area (Å²) in [6, 6.07) is 5.70. The maximum Gasteiger partial charge on any atom is 0.453 e. The lowest BCUT2D eigenvalue weighted by Crippen LogP contribution is -2.40. The van der Waals surface area contributed by atoms with Crippen LogP contribution in [0, 0.1) is 5.82 Å². The van der Waals surface area contributed by atoms with Gasteiger partial charge in [-0.25, -0.2) is 9.37 Å². The fraction of sp³-hybridized carbons (Fsp3) is 0.429. The first-order chi connectivity index (χ1) is 18.8. The molecule has 3 aliphatic heterocycles. The lowest BCUT2D eigenvalue weighted by Gasteiger charge is -2.39. The van der Waals surface area contributed by atoms with Crippen molar-refractivity contribution >= 4 is 0 Å². The summed E-state index contributed by atoms with van der Waals surface area (Å²) in [4.78, 5) is 9.03. The van der Waals surface area contributed by atoms with Crippen molar-refractivity contribution in [1.82, 2.24) is 24.5 Å². The molecule has 7 nitrogen and oxygen atoms in total. The van der Waals surface area contributed by atoms with Crippen LogP contribution < -0.4 is 0 Å². The van der Waals surface area contributed by atoms with Crippen LogP contribution in [0.2, 0.25) is 0 Å². The third-order valence-corrected chi connectivity index (χ3v) is 7.81. The molecular weight excluding hydrogens is 514 g/mol. The van der Waals surface area contributed by atoms with Crippen LogP contribution in [0.5, 0.6) is 0 Å². The standard InChI is InChI=1S/C28H29F4N5O2/c1-35-11-3-5-23(35)19-4-2-12-36(15-19)21-10-13-38-24(14-21)37-16-22(33-17-37)25-26(18-6-8-20(29)9-7-18)34-39-27(25)28(30,31)32/h2,4,6-9,15-17,21,23-24H,3,5,10-14H2,1H3. The van der Waals surface area contributed by atoms with Gasteiger partial charge < -0.3 is 18.7 Å². The molecule has 206 valence electrons. The second-order valence-corrected chi connectivity index (χ2v) is 10.3. The molecule has 3 aromatic rings. The summed E-state index contributed by atoms with van der Waals surface area (Å²) in [5, 5.41) is 3.68. The van der Waals surface area contributed by atoms with Gasteiger partial charge in [-0.2, -0.15) is 13.2 Å². The van der Waals surface area contributed by atoms with Crippen molar-refractivity contribution in [3.63, 3.8) is 0 Å². The summed E-state index contributed by atoms with van der Waals surface area (Å²) in [7, 11) is 2.16. The number of ether oxygens (including phenoxy) is 1. The number of likely N-dealkylation sites (tertiary alicyclic amines) is 1. The summed E-state index contributed by atoms with van der Waals surface area (Å²) in [5.74, 6) is -1.75. The number of rotatable bonds is 5. The highest BCUT2D eigenvalue weighted by Crippen LogP contribution is 2.42. The Balaban J connectivity index is 1.25. The summed E-state index contributed by atoms with van der Waals surface area (Å²) in [5.41, 5.74) is 1.33. The monoisotopic (exact) mass is 543 g/mol. The number of benzene rings is 1. The zero-order valence-electron chi connectivity index (χ0n) is 21.4. The van der Waals surface area contributed by atoms with Crippen LogP contribution in [0.3, 0.4) is 0 Å². The Morgan fingerprint density at radius 1 is 1.10 bits per heavy atom. The van der Waals surface area contributed by atoms with Gasteiger partial charge in [0.25, 0.3) is 0 Å². The van der Waals surface area contributed by atoms with Crippen molar-refractivity contribution in [2.45, 2.75) is 50.2 Å². The van der Waals surface area contributed by atoms with Gasteiger partial charge in [0.2, 0.25) is 5.76 Å². The SMILES string of the molecule is CN1CCCC1C1=CN(C2CCOC(n3cnc(-c4c(-c5ccc(F)cc5)noc4C(F)(F)F)c3)C2)CC=C1. The third-order valence-electron chi connectivity index (χ3n) is 7.81. The van der Waals surface area contributed by atoms with Crippen LogP contribution in [0.4, 0.5) is 17.6 Å². The van der Waals surface area contributed by atoms with Crippen LogP contribution in [0.25, 0.3) is 22.5 Å². The molecule has 2 fully saturated rings. The Labute approximate surface area is 223 Å². The van der Waals surface area contributed by atoms with Crippen LogP contribution in [-0.4, -0.2) is 63.3 Å². The molecule has 6 rings (SSSR count). The molecule has 0 N–H and O–H groups in total. The lowest BCUT2D eigenvalue weighted by atomic mass is 10.00. The first-order valence-corrected chi connectivity index (χ1v) is 13.1. The Bertz CT molecular complexity index is 1380. The Hall–Kier alpha value is -3.44. The van der Waals surface area contributed by atoms with E-state index in [1.54, 1.807) is 4.57 Å². The van der Waals surface area contributed by atoms with Gasteiger partial charge in [0.15, 0.2) is 0 Å². The first kappa shape index (κ1) is 25.8. The number of aromatic nitrogens is 3. The first-order valence-electron chi connectivity index (χ1n) is 13.1. The van der Waals surface area contributed by atoms with Gasteiger partial charge in [-0.05, 0) is 62.7 Å². The predicted octanol–water partition coefficient (Wildman–Crippen LogP) is 5.89. The van der Waals surface area contributed by atoms with Crippen molar-refractivity contribution < 1.29 is 26.8 Å². The number of likely N-dealkylation sites (N-methyl/N-ethyl adjacent to an activating group) is 1. The molecule has 11 heteroatoms. The predicted molar refractivity (Wildman–Crippen MR) is 136 cm³/mol. The number of hydrogen-bond donors (Lipinski definition) is 0. The zero-order valence-corrected chi connectivity index (χ0v) is 21.4. The number of alkyl halides is 3. The van der Waals surface area contributed by atoms with Gasteiger partial charge in [-0.15, -0.1) is 0 Å². The van der Waals surface area contributed by atoms with E-state index in [2.05, 4.69) is 45.3 Å². The zero-order chi connectivity index (χ0) is 27.1. The van der Waals surface area contributed by atoms with E-state index in [4.69, 9.17) is 9.26 Å². The smallest absolute Gasteiger partial charge is 0.370 e. The minimum absolute atomic E-state index is 0.0512.